The summed E-state index contributed by atoms with van der Waals surface area (Å²) < 4.78 is 1.44. The lowest BCUT2D eigenvalue weighted by molar-refractivity contribution is 0.170. The van der Waals surface area contributed by atoms with E-state index in [1.807, 2.05) is 6.07 Å². The molecule has 7 nitrogen and oxygen atoms in total. The van der Waals surface area contributed by atoms with Crippen LogP contribution in [0.15, 0.2) is 29.2 Å². The Morgan fingerprint density at radius 1 is 1.38 bits per heavy atom. The molecule has 0 fully saturated rings. The number of aromatic nitrogens is 4. The van der Waals surface area contributed by atoms with Crippen LogP contribution >= 0.6 is 23.2 Å². The number of benzene rings is 1. The number of nitrogens with one attached hydrogen (secondary N) is 2. The highest BCUT2D eigenvalue weighted by molar-refractivity contribution is 6.42. The Labute approximate surface area is 147 Å². The van der Waals surface area contributed by atoms with E-state index < -0.39 is 6.10 Å². The quantitative estimate of drug-likeness (QED) is 0.643. The van der Waals surface area contributed by atoms with Crippen molar-refractivity contribution < 1.29 is 5.11 Å². The van der Waals surface area contributed by atoms with Crippen LogP contribution in [0.25, 0.3) is 11.0 Å². The Kier molecular flexibility index (Phi) is 4.75. The van der Waals surface area contributed by atoms with E-state index in [1.54, 1.807) is 19.1 Å². The molecule has 0 saturated carbocycles. The third-order valence-electron chi connectivity index (χ3n) is 3.38. The molecule has 3 rings (SSSR count). The first kappa shape index (κ1) is 16.8. The van der Waals surface area contributed by atoms with Crippen molar-refractivity contribution in [2.75, 3.05) is 5.32 Å². The van der Waals surface area contributed by atoms with Crippen LogP contribution in [0.3, 0.4) is 0 Å². The Balaban J connectivity index is 1.83. The number of halogens is 2. The van der Waals surface area contributed by atoms with Crippen molar-refractivity contribution in [2.24, 2.45) is 0 Å². The van der Waals surface area contributed by atoms with E-state index in [-0.39, 0.29) is 12.1 Å². The molecular formula is C15H15Cl2N5O2. The van der Waals surface area contributed by atoms with Gasteiger partial charge in [0.25, 0.3) is 5.56 Å². The summed E-state index contributed by atoms with van der Waals surface area (Å²) in [7, 11) is 0. The highest BCUT2D eigenvalue weighted by Crippen LogP contribution is 2.22. The van der Waals surface area contributed by atoms with E-state index in [4.69, 9.17) is 23.2 Å². The van der Waals surface area contributed by atoms with Crippen molar-refractivity contribution in [2.45, 2.75) is 26.1 Å². The molecule has 2 heterocycles. The fraction of sp³-hybridized carbons (Fsp3) is 0.267. The van der Waals surface area contributed by atoms with Crippen LogP contribution in [-0.4, -0.2) is 31.0 Å². The van der Waals surface area contributed by atoms with E-state index in [0.29, 0.717) is 33.6 Å². The van der Waals surface area contributed by atoms with Crippen LogP contribution in [0.5, 0.6) is 0 Å². The van der Waals surface area contributed by atoms with Gasteiger partial charge in [-0.25, -0.2) is 4.98 Å². The second-order valence-electron chi connectivity index (χ2n) is 5.43. The summed E-state index contributed by atoms with van der Waals surface area (Å²) >= 11 is 11.9. The van der Waals surface area contributed by atoms with Crippen molar-refractivity contribution in [1.29, 1.82) is 0 Å². The number of anilines is 1. The zero-order chi connectivity index (χ0) is 17.3. The Morgan fingerprint density at radius 2 is 2.17 bits per heavy atom. The van der Waals surface area contributed by atoms with Crippen LogP contribution in [0.4, 0.5) is 5.95 Å². The Bertz CT molecular complexity index is 935. The zero-order valence-electron chi connectivity index (χ0n) is 12.8. The third kappa shape index (κ3) is 3.53. The van der Waals surface area contributed by atoms with Gasteiger partial charge in [0, 0.05) is 6.54 Å². The number of nitrogens with zero attached hydrogens (tertiary/aromatic N) is 3. The molecule has 2 aromatic heterocycles. The lowest BCUT2D eigenvalue weighted by Gasteiger charge is -2.08. The first-order chi connectivity index (χ1) is 11.4. The van der Waals surface area contributed by atoms with Crippen molar-refractivity contribution in [3.8, 4) is 0 Å². The minimum Gasteiger partial charge on any atom is -0.391 e. The summed E-state index contributed by atoms with van der Waals surface area (Å²) in [5.74, 6) is 0.329. The summed E-state index contributed by atoms with van der Waals surface area (Å²) in [5.41, 5.74) is 1.36. The molecule has 0 unspecified atom stereocenters. The SMILES string of the molecule is C[C@H](O)Cn1ncc2nc(NCc3ccc(Cl)c(Cl)c3)[nH]c(=O)c21. The summed E-state index contributed by atoms with van der Waals surface area (Å²) in [6.45, 7) is 2.28. The number of hydrogen-bond acceptors (Lipinski definition) is 5. The van der Waals surface area contributed by atoms with Gasteiger partial charge in [-0.2, -0.15) is 5.10 Å². The van der Waals surface area contributed by atoms with Gasteiger partial charge in [-0.1, -0.05) is 29.3 Å². The van der Waals surface area contributed by atoms with Gasteiger partial charge >= 0.3 is 0 Å². The fourth-order valence-corrected chi connectivity index (χ4v) is 2.63. The van der Waals surface area contributed by atoms with Gasteiger partial charge < -0.3 is 10.4 Å². The van der Waals surface area contributed by atoms with Crippen LogP contribution in [0, 0.1) is 0 Å². The van der Waals surface area contributed by atoms with Gasteiger partial charge in [0.05, 0.1) is 28.9 Å². The zero-order valence-corrected chi connectivity index (χ0v) is 14.3. The first-order valence-electron chi connectivity index (χ1n) is 7.25. The van der Waals surface area contributed by atoms with Gasteiger partial charge in [0.1, 0.15) is 5.52 Å². The number of aliphatic hydroxyl groups is 1. The molecule has 126 valence electrons. The summed E-state index contributed by atoms with van der Waals surface area (Å²) in [4.78, 5) is 19.3. The van der Waals surface area contributed by atoms with Gasteiger partial charge in [0.15, 0.2) is 5.52 Å². The number of rotatable bonds is 5. The van der Waals surface area contributed by atoms with E-state index in [1.165, 1.54) is 10.9 Å². The molecule has 0 aliphatic rings. The molecule has 1 aromatic carbocycles. The molecule has 24 heavy (non-hydrogen) atoms. The lowest BCUT2D eigenvalue weighted by atomic mass is 10.2. The number of aromatic amines is 1. The maximum Gasteiger partial charge on any atom is 0.278 e. The lowest BCUT2D eigenvalue weighted by Crippen LogP contribution is -2.19. The van der Waals surface area contributed by atoms with Crippen molar-refractivity contribution >= 4 is 40.2 Å². The minimum absolute atomic E-state index is 0.226. The Hall–Kier alpha value is -2.09. The number of hydrogen-bond donors (Lipinski definition) is 3. The fourth-order valence-electron chi connectivity index (χ4n) is 2.31. The molecule has 0 spiro atoms. The van der Waals surface area contributed by atoms with Crippen LogP contribution < -0.4 is 10.9 Å². The molecule has 0 radical (unpaired) electrons. The van der Waals surface area contributed by atoms with Gasteiger partial charge in [0.2, 0.25) is 5.95 Å². The van der Waals surface area contributed by atoms with Crippen molar-refractivity contribution in [3.63, 3.8) is 0 Å². The number of H-pyrrole nitrogens is 1. The summed E-state index contributed by atoms with van der Waals surface area (Å²) in [5, 5.41) is 17.5. The molecule has 9 heteroatoms. The largest absolute Gasteiger partial charge is 0.391 e. The maximum absolute atomic E-state index is 12.3. The van der Waals surface area contributed by atoms with Gasteiger partial charge in [-0.3, -0.25) is 14.5 Å². The molecule has 3 aromatic rings. The number of aliphatic hydroxyl groups excluding tert-OH is 1. The van der Waals surface area contributed by atoms with Crippen LogP contribution in [0.1, 0.15) is 12.5 Å². The second-order valence-corrected chi connectivity index (χ2v) is 6.24. The van der Waals surface area contributed by atoms with E-state index in [0.717, 1.165) is 5.56 Å². The van der Waals surface area contributed by atoms with Crippen molar-refractivity contribution in [1.82, 2.24) is 19.7 Å². The van der Waals surface area contributed by atoms with E-state index in [9.17, 15) is 9.90 Å². The summed E-state index contributed by atoms with van der Waals surface area (Å²) in [6.07, 6.45) is 0.886. The van der Waals surface area contributed by atoms with E-state index >= 15 is 0 Å². The molecule has 0 aliphatic carbocycles. The topological polar surface area (TPSA) is 95.8 Å². The molecular weight excluding hydrogens is 353 g/mol. The van der Waals surface area contributed by atoms with Gasteiger partial charge in [-0.15, -0.1) is 0 Å². The normalized spacial score (nSPS) is 12.5. The van der Waals surface area contributed by atoms with E-state index in [2.05, 4.69) is 20.4 Å². The highest BCUT2D eigenvalue weighted by atomic mass is 35.5. The highest BCUT2D eigenvalue weighted by Gasteiger charge is 2.12. The third-order valence-corrected chi connectivity index (χ3v) is 4.12. The second kappa shape index (κ2) is 6.80. The minimum atomic E-state index is -0.611. The predicted octanol–water partition coefficient (Wildman–Crippen LogP) is 2.42. The smallest absolute Gasteiger partial charge is 0.278 e. The van der Waals surface area contributed by atoms with Crippen LogP contribution in [0.2, 0.25) is 10.0 Å². The monoisotopic (exact) mass is 367 g/mol. The van der Waals surface area contributed by atoms with Crippen molar-refractivity contribution in [3.05, 3.63) is 50.4 Å². The molecule has 0 saturated heterocycles. The van der Waals surface area contributed by atoms with Crippen LogP contribution in [-0.2, 0) is 13.1 Å². The molecule has 0 aliphatic heterocycles. The average Bonchev–Trinajstić information content (AvgIpc) is 2.91. The standard InChI is InChI=1S/C15H15Cl2N5O2/c1-8(23)7-22-13-12(6-19-22)20-15(21-14(13)24)18-5-9-2-3-10(16)11(17)4-9/h2-4,6,8,23H,5,7H2,1H3,(H2,18,20,21,24)/t8-/m0/s1. The molecule has 1 atom stereocenters. The first-order valence-corrected chi connectivity index (χ1v) is 8.01. The summed E-state index contributed by atoms with van der Waals surface area (Å²) in [6, 6.07) is 5.28. The molecule has 0 bridgehead atoms. The molecule has 0 amide bonds. The number of fused-ring (bicyclic) bond motifs is 1. The predicted molar refractivity (Wildman–Crippen MR) is 93.6 cm³/mol. The Morgan fingerprint density at radius 3 is 2.88 bits per heavy atom. The average molecular weight is 368 g/mol. The molecule has 3 N–H and O–H groups in total. The maximum atomic E-state index is 12.3. The van der Waals surface area contributed by atoms with Gasteiger partial charge in [-0.05, 0) is 24.6 Å².